The number of nitrogens with zero attached hydrogens (tertiary/aromatic N) is 2. The summed E-state index contributed by atoms with van der Waals surface area (Å²) in [4.78, 5) is 56.1. The van der Waals surface area contributed by atoms with Crippen LogP contribution in [0.4, 0.5) is 0 Å². The number of hydrogen-bond donors (Lipinski definition) is 3. The van der Waals surface area contributed by atoms with Gasteiger partial charge < -0.3 is 38.8 Å². The number of fused-ring (bicyclic) bond motifs is 10. The maximum Gasteiger partial charge on any atom is 0.344 e. The number of aliphatic hydroxyl groups is 3. The van der Waals surface area contributed by atoms with E-state index in [2.05, 4.69) is 20.8 Å². The highest BCUT2D eigenvalue weighted by molar-refractivity contribution is 5.87. The molecule has 2 aliphatic heterocycles. The fraction of sp³-hybridized carbons (Fsp3) is 0.638. The first kappa shape index (κ1) is 41.0. The van der Waals surface area contributed by atoms with Crippen LogP contribution in [-0.2, 0) is 47.3 Å². The van der Waals surface area contributed by atoms with Gasteiger partial charge in [0.1, 0.15) is 18.5 Å². The Hall–Kier alpha value is -4.33. The van der Waals surface area contributed by atoms with Crippen LogP contribution in [0.5, 0.6) is 5.75 Å². The van der Waals surface area contributed by atoms with Gasteiger partial charge in [-0.2, -0.15) is 0 Å². The van der Waals surface area contributed by atoms with Gasteiger partial charge in [-0.15, -0.1) is 0 Å². The van der Waals surface area contributed by atoms with Gasteiger partial charge in [0, 0.05) is 22.9 Å². The number of benzene rings is 1. The Morgan fingerprint density at radius 3 is 2.60 bits per heavy atom. The molecule has 322 valence electrons. The number of esters is 3. The van der Waals surface area contributed by atoms with Crippen molar-refractivity contribution in [2.24, 2.45) is 46.3 Å². The number of aliphatic hydroxyl groups excluding tert-OH is 2. The molecule has 1 aromatic carbocycles. The molecule has 0 amide bonds. The quantitative estimate of drug-likeness (QED) is 0.141. The second kappa shape index (κ2) is 14.9. The number of aromatic nitrogens is 2. The largest absolute Gasteiger partial charge is 0.482 e. The van der Waals surface area contributed by atoms with Gasteiger partial charge in [0.25, 0.3) is 5.56 Å². The van der Waals surface area contributed by atoms with Gasteiger partial charge in [-0.3, -0.25) is 9.59 Å². The molecule has 4 heterocycles. The van der Waals surface area contributed by atoms with E-state index in [1.54, 1.807) is 35.8 Å². The van der Waals surface area contributed by atoms with Gasteiger partial charge in [-0.05, 0) is 134 Å². The number of methoxy groups -OCH3 is 1. The molecule has 60 heavy (non-hydrogen) atoms. The van der Waals surface area contributed by atoms with Gasteiger partial charge in [0.05, 0.1) is 48.3 Å². The lowest BCUT2D eigenvalue weighted by Gasteiger charge is -2.63. The Labute approximate surface area is 349 Å². The van der Waals surface area contributed by atoms with Crippen molar-refractivity contribution in [3.8, 4) is 17.1 Å². The molecule has 9 rings (SSSR count). The van der Waals surface area contributed by atoms with Gasteiger partial charge in [-0.1, -0.05) is 27.7 Å². The average Bonchev–Trinajstić information content (AvgIpc) is 3.78. The second-order valence-corrected chi connectivity index (χ2v) is 19.3. The normalized spacial score (nSPS) is 35.5. The van der Waals surface area contributed by atoms with E-state index < -0.39 is 29.7 Å². The summed E-state index contributed by atoms with van der Waals surface area (Å²) in [7, 11) is 1.42. The number of carbonyl (C=O) groups excluding carboxylic acids is 3. The summed E-state index contributed by atoms with van der Waals surface area (Å²) < 4.78 is 23.6. The third-order valence-corrected chi connectivity index (χ3v) is 16.7. The van der Waals surface area contributed by atoms with Crippen molar-refractivity contribution in [3.63, 3.8) is 0 Å². The second-order valence-electron chi connectivity index (χ2n) is 19.3. The molecular weight excluding hydrogens is 769 g/mol. The molecule has 4 fully saturated rings. The topological polar surface area (TPSA) is 184 Å². The summed E-state index contributed by atoms with van der Waals surface area (Å²) in [5, 5.41) is 35.8. The molecule has 3 N–H and O–H groups in total. The summed E-state index contributed by atoms with van der Waals surface area (Å²) in [6.45, 7) is 8.24. The van der Waals surface area contributed by atoms with E-state index in [-0.39, 0.29) is 101 Å². The molecule has 2 aromatic heterocycles. The van der Waals surface area contributed by atoms with Crippen LogP contribution in [0.2, 0.25) is 0 Å². The number of ether oxygens (including phenoxy) is 4. The van der Waals surface area contributed by atoms with Gasteiger partial charge in [0.15, 0.2) is 12.2 Å². The van der Waals surface area contributed by atoms with Crippen molar-refractivity contribution in [2.45, 2.75) is 129 Å². The average molecular weight is 827 g/mol. The molecule has 6 aliphatic rings. The van der Waals surface area contributed by atoms with E-state index >= 15 is 0 Å². The van der Waals surface area contributed by atoms with Crippen LogP contribution in [0.3, 0.4) is 0 Å². The van der Waals surface area contributed by atoms with Crippen LogP contribution in [-0.4, -0.2) is 74.8 Å². The maximum atomic E-state index is 13.5. The van der Waals surface area contributed by atoms with Crippen molar-refractivity contribution in [1.82, 2.24) is 9.55 Å². The van der Waals surface area contributed by atoms with Crippen LogP contribution in [0.15, 0.2) is 35.1 Å². The highest BCUT2D eigenvalue weighted by Gasteiger charge is 2.66. The lowest BCUT2D eigenvalue weighted by Crippen LogP contribution is -2.62. The number of cyclic esters (lactones) is 1. The van der Waals surface area contributed by atoms with Crippen molar-refractivity contribution >= 4 is 28.8 Å². The first-order chi connectivity index (χ1) is 28.6. The lowest BCUT2D eigenvalue weighted by atomic mass is 9.43. The predicted molar refractivity (Wildman–Crippen MR) is 218 cm³/mol. The monoisotopic (exact) mass is 826 g/mol. The van der Waals surface area contributed by atoms with Gasteiger partial charge in [0.2, 0.25) is 0 Å². The van der Waals surface area contributed by atoms with E-state index in [4.69, 9.17) is 23.9 Å². The molecule has 13 nitrogen and oxygen atoms in total. The van der Waals surface area contributed by atoms with Crippen LogP contribution in [0.25, 0.3) is 22.3 Å². The third kappa shape index (κ3) is 6.30. The molecule has 12 atom stereocenters. The Kier molecular flexibility index (Phi) is 10.2. The highest BCUT2D eigenvalue weighted by Crippen LogP contribution is 2.68. The van der Waals surface area contributed by atoms with Crippen LogP contribution in [0, 0.1) is 46.3 Å². The Balaban J connectivity index is 0.834. The minimum Gasteiger partial charge on any atom is -0.482 e. The Bertz CT molecular complexity index is 2310. The third-order valence-electron chi connectivity index (χ3n) is 16.7. The molecule has 5 unspecified atom stereocenters. The predicted octanol–water partition coefficient (Wildman–Crippen LogP) is 5.56. The van der Waals surface area contributed by atoms with Crippen molar-refractivity contribution < 1.29 is 48.7 Å². The minimum atomic E-state index is -1.90. The lowest BCUT2D eigenvalue weighted by molar-refractivity contribution is -0.209. The molecule has 4 saturated carbocycles. The zero-order valence-corrected chi connectivity index (χ0v) is 35.3. The van der Waals surface area contributed by atoms with Crippen LogP contribution in [0.1, 0.15) is 109 Å². The molecule has 0 radical (unpaired) electrons. The SMILES string of the molecule is CC[C@@]1(O)C(=O)OCc2c1cc1n(c2=O)Cc2cc3cc(OCC(=O)O[C@H]4CC[C@]5(C)C(C4)C[C@H](O)C4C5C[C@@H](O)[C@]5(C)C4CCC5[C@@H](C)CCC(=O)OC)ccc3nc2-1. The molecular formula is C47H58N2O11. The Morgan fingerprint density at radius 2 is 1.83 bits per heavy atom. The van der Waals surface area contributed by atoms with Crippen LogP contribution < -0.4 is 10.3 Å². The van der Waals surface area contributed by atoms with E-state index in [0.717, 1.165) is 36.6 Å². The van der Waals surface area contributed by atoms with Crippen LogP contribution >= 0.6 is 0 Å². The number of carbonyl (C=O) groups is 3. The molecule has 4 aliphatic carbocycles. The van der Waals surface area contributed by atoms with E-state index in [9.17, 15) is 34.5 Å². The fourth-order valence-electron chi connectivity index (χ4n) is 13.3. The minimum absolute atomic E-state index is 0.0668. The van der Waals surface area contributed by atoms with Gasteiger partial charge in [-0.25, -0.2) is 14.6 Å². The molecule has 0 bridgehead atoms. The summed E-state index contributed by atoms with van der Waals surface area (Å²) in [5.74, 6) is 0.235. The maximum absolute atomic E-state index is 13.5. The van der Waals surface area contributed by atoms with Crippen molar-refractivity contribution in [1.29, 1.82) is 0 Å². The van der Waals surface area contributed by atoms with Crippen molar-refractivity contribution in [3.05, 3.63) is 57.4 Å². The Morgan fingerprint density at radius 1 is 1.03 bits per heavy atom. The van der Waals surface area contributed by atoms with E-state index in [1.165, 1.54) is 7.11 Å². The molecule has 13 heteroatoms. The first-order valence-electron chi connectivity index (χ1n) is 22.0. The highest BCUT2D eigenvalue weighted by atomic mass is 16.6. The first-order valence-corrected chi connectivity index (χ1v) is 22.0. The van der Waals surface area contributed by atoms with Gasteiger partial charge >= 0.3 is 17.9 Å². The number of pyridine rings is 2. The van der Waals surface area contributed by atoms with Crippen molar-refractivity contribution in [2.75, 3.05) is 13.7 Å². The molecule has 0 spiro atoms. The molecule has 0 saturated heterocycles. The van der Waals surface area contributed by atoms with E-state index in [0.29, 0.717) is 54.8 Å². The fourth-order valence-corrected chi connectivity index (χ4v) is 13.3. The zero-order valence-electron chi connectivity index (χ0n) is 35.3. The smallest absolute Gasteiger partial charge is 0.344 e. The summed E-state index contributed by atoms with van der Waals surface area (Å²) in [6.07, 6.45) is 5.40. The zero-order chi connectivity index (χ0) is 42.5. The number of hydrogen-bond acceptors (Lipinski definition) is 12. The standard InChI is InChI=1S/C47H58N2O11/c1-6-47(56)33-19-36-42-26(21-49(36)43(54)30(33)22-59-44(47)55)15-25-16-28(8-11-35(25)48-42)58-23-40(53)60-29-13-14-45(3)27(17-29)18-37(50)41-32-10-9-31(24(2)7-12-39(52)57-5)46(32,4)38(51)20-34(41)45/h8,11,15-16,19,24,27,29,31-32,34,37-38,41,50-51,56H,6-7,9-10,12-14,17-18,20-23H2,1-5H3/t24-,27?,29-,31?,32?,34?,37-,38+,41?,45+,46-,47-/m0/s1. The number of rotatable bonds is 9. The molecule has 3 aromatic rings. The summed E-state index contributed by atoms with van der Waals surface area (Å²) in [5.41, 5.74) is 0.520. The summed E-state index contributed by atoms with van der Waals surface area (Å²) in [6, 6.07) is 8.96. The van der Waals surface area contributed by atoms with E-state index in [1.807, 2.05) is 6.07 Å². The summed E-state index contributed by atoms with van der Waals surface area (Å²) >= 11 is 0.